The summed E-state index contributed by atoms with van der Waals surface area (Å²) < 4.78 is 10.2. The number of hydrogen-bond donors (Lipinski definition) is 0. The van der Waals surface area contributed by atoms with Gasteiger partial charge in [0.1, 0.15) is 0 Å². The molecule has 1 aliphatic heterocycles. The van der Waals surface area contributed by atoms with Gasteiger partial charge in [-0.25, -0.2) is 0 Å². The van der Waals surface area contributed by atoms with Crippen LogP contribution in [0.3, 0.4) is 0 Å². The van der Waals surface area contributed by atoms with Crippen LogP contribution >= 0.6 is 123 Å². The van der Waals surface area contributed by atoms with Gasteiger partial charge in [0.2, 0.25) is 0 Å². The van der Waals surface area contributed by atoms with Gasteiger partial charge >= 0.3 is 0 Å². The predicted molar refractivity (Wildman–Crippen MR) is 511 cm³/mol. The second kappa shape index (κ2) is 49.9. The molecule has 10 heteroatoms. The third kappa shape index (κ3) is 24.5. The van der Waals surface area contributed by atoms with Crippen molar-refractivity contribution >= 4 is 160 Å². The third-order valence-electron chi connectivity index (χ3n) is 25.5. The maximum absolute atomic E-state index is 4.25. The average Bonchev–Trinajstić information content (AvgIpc) is 1.47. The monoisotopic (exact) mass is 1760 g/mol. The molecule has 0 spiro atoms. The van der Waals surface area contributed by atoms with E-state index in [0.29, 0.717) is 0 Å². The van der Waals surface area contributed by atoms with E-state index in [2.05, 4.69) is 205 Å². The SMILES string of the molecule is CCCCCCCCCCCCCCCCc1ccc(C2(c3ccc(CCCCCCCCCCCCCCCC)s3)C3=Cc4c5c(sc4=C3C(c3ccc(CCCCCCCCCCCCCCCC)s3)(c3ccc(CCCCCCCCCCCCCCCC)s3)C3C=c4c(sc6c(Br)csc46)=C32)=C(Br)CS5)s1. The van der Waals surface area contributed by atoms with Gasteiger partial charge in [0.05, 0.1) is 24.8 Å². The molecule has 3 aliphatic carbocycles. The zero-order valence-corrected chi connectivity index (χ0v) is 79.3. The summed E-state index contributed by atoms with van der Waals surface area (Å²) in [5, 5.41) is 3.92. The van der Waals surface area contributed by atoms with Gasteiger partial charge in [0.15, 0.2) is 0 Å². The van der Waals surface area contributed by atoms with Gasteiger partial charge < -0.3 is 0 Å². The third-order valence-corrected chi connectivity index (χ3v) is 38.1. The molecule has 0 aromatic carbocycles. The topological polar surface area (TPSA) is 0 Å². The molecule has 4 aliphatic rings. The summed E-state index contributed by atoms with van der Waals surface area (Å²) in [6.07, 6.45) is 89.1. The molecule has 0 bridgehead atoms. The van der Waals surface area contributed by atoms with Crippen molar-refractivity contribution in [3.05, 3.63) is 127 Å². The highest BCUT2D eigenvalue weighted by atomic mass is 79.9. The lowest BCUT2D eigenvalue weighted by Crippen LogP contribution is -2.51. The number of thioether (sulfide) groups is 1. The van der Waals surface area contributed by atoms with Gasteiger partial charge in [-0.1, -0.05) is 384 Å². The Labute approximate surface area is 720 Å². The zero-order chi connectivity index (χ0) is 76.3. The molecule has 11 rings (SSSR count). The van der Waals surface area contributed by atoms with Crippen LogP contribution in [-0.4, -0.2) is 5.75 Å². The van der Waals surface area contributed by atoms with Crippen LogP contribution in [-0.2, 0) is 36.5 Å². The van der Waals surface area contributed by atoms with Crippen LogP contribution in [0.1, 0.15) is 432 Å². The largest absolute Gasteiger partial charge is 0.144 e. The average molecular weight is 1760 g/mol. The van der Waals surface area contributed by atoms with Gasteiger partial charge in [-0.15, -0.1) is 91.1 Å². The Morgan fingerprint density at radius 3 is 1.00 bits per heavy atom. The number of unbranched alkanes of at least 4 members (excludes halogenated alkanes) is 52. The van der Waals surface area contributed by atoms with E-state index in [0.717, 1.165) is 5.75 Å². The van der Waals surface area contributed by atoms with Crippen molar-refractivity contribution in [3.63, 3.8) is 0 Å². The molecule has 7 aromatic heterocycles. The van der Waals surface area contributed by atoms with E-state index >= 15 is 0 Å². The minimum absolute atomic E-state index is 0.122. The van der Waals surface area contributed by atoms with Crippen LogP contribution in [0.15, 0.2) is 68.9 Å². The molecule has 0 saturated heterocycles. The van der Waals surface area contributed by atoms with E-state index in [4.69, 9.17) is 0 Å². The molecule has 0 amide bonds. The fourth-order valence-electron chi connectivity index (χ4n) is 19.1. The second-order valence-corrected chi connectivity index (χ2v) is 44.7. The first-order chi connectivity index (χ1) is 54.4. The van der Waals surface area contributed by atoms with E-state index in [9.17, 15) is 0 Å². The van der Waals surface area contributed by atoms with Crippen LogP contribution in [0.2, 0.25) is 0 Å². The Morgan fingerprint density at radius 2 is 0.655 bits per heavy atom. The van der Waals surface area contributed by atoms with Crippen molar-refractivity contribution in [3.8, 4) is 0 Å². The number of halogens is 2. The summed E-state index contributed by atoms with van der Waals surface area (Å²) in [7, 11) is 0. The van der Waals surface area contributed by atoms with Gasteiger partial charge in [-0.2, -0.15) is 0 Å². The fraction of sp³-hybridized carbons (Fsp3) is 0.680. The van der Waals surface area contributed by atoms with E-state index in [1.807, 2.05) is 11.3 Å². The maximum atomic E-state index is 4.25. The Morgan fingerprint density at radius 1 is 0.336 bits per heavy atom. The molecule has 8 heterocycles. The molecule has 1 unspecified atom stereocenters. The Bertz CT molecular complexity index is 3910. The molecule has 0 nitrogen and oxygen atoms in total. The molecular weight excluding hydrogens is 1620 g/mol. The zero-order valence-electron chi connectivity index (χ0n) is 69.6. The summed E-state index contributed by atoms with van der Waals surface area (Å²) in [6.45, 7) is 9.33. The highest BCUT2D eigenvalue weighted by molar-refractivity contribution is 9.15. The number of rotatable bonds is 64. The number of aryl methyl sites for hydroxylation is 4. The van der Waals surface area contributed by atoms with Crippen LogP contribution < -0.4 is 18.8 Å². The molecule has 1 saturated carbocycles. The lowest BCUT2D eigenvalue weighted by atomic mass is 9.50. The van der Waals surface area contributed by atoms with Crippen molar-refractivity contribution in [1.29, 1.82) is 0 Å². The minimum atomic E-state index is -0.458. The lowest BCUT2D eigenvalue weighted by Gasteiger charge is -2.53. The second-order valence-electron chi connectivity index (χ2n) is 34.3. The molecule has 7 aromatic rings. The van der Waals surface area contributed by atoms with E-state index in [-0.39, 0.29) is 5.92 Å². The molecule has 1 atom stereocenters. The smallest absolute Gasteiger partial charge is 0.0874 e. The normalized spacial score (nSPS) is 15.4. The molecule has 110 heavy (non-hydrogen) atoms. The maximum Gasteiger partial charge on any atom is 0.0874 e. The predicted octanol–water partition coefficient (Wildman–Crippen LogP) is 34.5. The fourth-order valence-corrected chi connectivity index (χ4v) is 31.4. The van der Waals surface area contributed by atoms with Crippen molar-refractivity contribution in [1.82, 2.24) is 0 Å². The number of allylic oxidation sites excluding steroid dienone is 1. The number of hydrogen-bond acceptors (Lipinski definition) is 8. The van der Waals surface area contributed by atoms with Crippen LogP contribution in [0.5, 0.6) is 0 Å². The summed E-state index contributed by atoms with van der Waals surface area (Å²) in [5.74, 6) is 1.15. The first-order valence-electron chi connectivity index (χ1n) is 46.6. The van der Waals surface area contributed by atoms with Crippen molar-refractivity contribution < 1.29 is 0 Å². The Kier molecular flexibility index (Phi) is 40.6. The molecule has 0 radical (unpaired) electrons. The van der Waals surface area contributed by atoms with E-state index in [1.54, 1.807) is 64.8 Å². The van der Waals surface area contributed by atoms with E-state index in [1.165, 1.54) is 424 Å². The molecule has 1 fully saturated rings. The lowest BCUT2D eigenvalue weighted by molar-refractivity contribution is 0.536. The highest BCUT2D eigenvalue weighted by Crippen LogP contribution is 2.70. The Hall–Kier alpha value is -1.31. The van der Waals surface area contributed by atoms with Crippen LogP contribution in [0.25, 0.3) is 37.2 Å². The first kappa shape index (κ1) is 89.5. The summed E-state index contributed by atoms with van der Waals surface area (Å²) in [6, 6.07) is 21.3. The summed E-state index contributed by atoms with van der Waals surface area (Å²) >= 11 is 25.7. The van der Waals surface area contributed by atoms with Gasteiger partial charge in [0.25, 0.3) is 0 Å². The minimum Gasteiger partial charge on any atom is -0.144 e. The summed E-state index contributed by atoms with van der Waals surface area (Å²) in [4.78, 5) is 14.2. The van der Waals surface area contributed by atoms with Crippen molar-refractivity contribution in [2.24, 2.45) is 5.92 Å². The van der Waals surface area contributed by atoms with Gasteiger partial charge in [-0.05, 0) is 139 Å². The van der Waals surface area contributed by atoms with Crippen molar-refractivity contribution in [2.75, 3.05) is 5.75 Å². The number of thiophene rings is 7. The molecular formula is C100H146Br2S8. The number of fused-ring (bicyclic) bond motifs is 8. The first-order valence-corrected chi connectivity index (χ1v) is 54.9. The summed E-state index contributed by atoms with van der Waals surface area (Å²) in [5.41, 5.74) is 5.59. The highest BCUT2D eigenvalue weighted by Gasteiger charge is 2.64. The Balaban J connectivity index is 0.917. The van der Waals surface area contributed by atoms with E-state index < -0.39 is 10.8 Å². The van der Waals surface area contributed by atoms with Gasteiger partial charge in [-0.3, -0.25) is 0 Å². The standard InChI is InChI=1S/C100H146Br2S8/c1-5-9-13-17-21-25-29-33-37-41-45-49-53-57-61-77-65-69-87(105-77)99(88-70-66-78(106-88)62-58-54-50-46-42-38-34-30-26-22-18-14-10-6-2)83-73-81-94(110-98-86(102)76-103-95(81)98)92(83)100(84-74-82-93(91(84)99)109-97-85(101)75-104-96(82)97,89-71-67-79(107-89)63-59-55-51-47-43-39-35-31-27-23-19-15-11-7-3)90-72-68-80(108-90)64-60-56-52-48-44-40-36-32-28-24-20-16-12-8-4/h65-75,84H,5-64,76H2,1-4H3. The van der Waals surface area contributed by atoms with Crippen LogP contribution in [0, 0.1) is 5.92 Å². The van der Waals surface area contributed by atoms with Crippen LogP contribution in [0.4, 0.5) is 0 Å². The van der Waals surface area contributed by atoms with Crippen molar-refractivity contribution in [2.45, 2.75) is 429 Å². The molecule has 0 N–H and O–H groups in total. The molecule has 608 valence electrons. The quantitative estimate of drug-likeness (QED) is 0.0343. The van der Waals surface area contributed by atoms with Gasteiger partial charge in [0, 0.05) is 89.8 Å².